The van der Waals surface area contributed by atoms with E-state index in [1.54, 1.807) is 72.8 Å². The van der Waals surface area contributed by atoms with Crippen LogP contribution in [0.4, 0.5) is 39.8 Å². The number of nitrogens with one attached hydrogen (secondary N) is 2. The van der Waals surface area contributed by atoms with Crippen molar-refractivity contribution >= 4 is 46.0 Å². The third kappa shape index (κ3) is 5.40. The molecular formula is C25H19N5O5. The van der Waals surface area contributed by atoms with Crippen LogP contribution in [0.15, 0.2) is 96.0 Å². The van der Waals surface area contributed by atoms with Gasteiger partial charge in [0.25, 0.3) is 11.4 Å². The number of aromatic hydroxyl groups is 1. The first kappa shape index (κ1) is 22.9. The molecule has 35 heavy (non-hydrogen) atoms. The van der Waals surface area contributed by atoms with Crippen LogP contribution in [0.25, 0.3) is 0 Å². The molecule has 0 heterocycles. The fourth-order valence-electron chi connectivity index (χ4n) is 3.33. The fourth-order valence-corrected chi connectivity index (χ4v) is 3.33. The van der Waals surface area contributed by atoms with Gasteiger partial charge in [0.05, 0.1) is 27.3 Å². The number of hydrogen-bond donors (Lipinski definition) is 3. The van der Waals surface area contributed by atoms with E-state index in [9.17, 15) is 25.3 Å². The maximum absolute atomic E-state index is 11.8. The monoisotopic (exact) mass is 469 g/mol. The molecule has 10 nitrogen and oxygen atoms in total. The molecule has 0 fully saturated rings. The lowest BCUT2D eigenvalue weighted by atomic mass is 10.1. The number of rotatable bonds is 8. The Morgan fingerprint density at radius 2 is 1.31 bits per heavy atom. The van der Waals surface area contributed by atoms with Gasteiger partial charge in [-0.05, 0) is 42.5 Å². The molecule has 3 N–H and O–H groups in total. The molecule has 10 heteroatoms. The molecule has 0 amide bonds. The average molecular weight is 469 g/mol. The van der Waals surface area contributed by atoms with Gasteiger partial charge in [-0.25, -0.2) is 0 Å². The summed E-state index contributed by atoms with van der Waals surface area (Å²) in [6.07, 6.45) is 1.47. The molecule has 0 saturated carbocycles. The van der Waals surface area contributed by atoms with E-state index < -0.39 is 21.2 Å². The number of para-hydroxylation sites is 4. The number of anilines is 4. The van der Waals surface area contributed by atoms with Crippen LogP contribution in [0, 0.1) is 20.2 Å². The number of nitrogens with zero attached hydrogens (tertiary/aromatic N) is 3. The van der Waals surface area contributed by atoms with Gasteiger partial charge < -0.3 is 15.7 Å². The van der Waals surface area contributed by atoms with E-state index in [2.05, 4.69) is 15.6 Å². The molecule has 0 saturated heterocycles. The molecule has 0 radical (unpaired) electrons. The van der Waals surface area contributed by atoms with Crippen molar-refractivity contribution in [1.29, 1.82) is 0 Å². The number of benzene rings is 4. The Hall–Kier alpha value is -5.25. The molecule has 0 spiro atoms. The molecule has 0 aliphatic carbocycles. The first-order chi connectivity index (χ1) is 16.9. The third-order valence-corrected chi connectivity index (χ3v) is 5.01. The summed E-state index contributed by atoms with van der Waals surface area (Å²) in [7, 11) is 0. The molecule has 4 aromatic carbocycles. The third-order valence-electron chi connectivity index (χ3n) is 5.01. The van der Waals surface area contributed by atoms with Crippen LogP contribution in [0.3, 0.4) is 0 Å². The normalized spacial score (nSPS) is 10.7. The summed E-state index contributed by atoms with van der Waals surface area (Å²) in [6.45, 7) is 0. The highest BCUT2D eigenvalue weighted by atomic mass is 16.6. The van der Waals surface area contributed by atoms with E-state index >= 15 is 0 Å². The fraction of sp³-hybridized carbons (Fsp3) is 0. The van der Waals surface area contributed by atoms with Crippen molar-refractivity contribution in [2.75, 3.05) is 10.6 Å². The van der Waals surface area contributed by atoms with Crippen LogP contribution in [0.5, 0.6) is 5.75 Å². The van der Waals surface area contributed by atoms with E-state index in [-0.39, 0.29) is 17.1 Å². The Balaban J connectivity index is 1.75. The number of phenols is 1. The number of nitro groups is 2. The predicted octanol–water partition coefficient (Wildman–Crippen LogP) is 6.45. The molecule has 0 aromatic heterocycles. The number of phenolic OH excluding ortho intramolecular Hbond substituents is 1. The average Bonchev–Trinajstić information content (AvgIpc) is 2.85. The van der Waals surface area contributed by atoms with Crippen molar-refractivity contribution in [3.05, 3.63) is 117 Å². The lowest BCUT2D eigenvalue weighted by molar-refractivity contribution is -0.393. The minimum absolute atomic E-state index is 0.0456. The second kappa shape index (κ2) is 10.1. The maximum Gasteiger partial charge on any atom is 0.299 e. The summed E-state index contributed by atoms with van der Waals surface area (Å²) >= 11 is 0. The summed E-state index contributed by atoms with van der Waals surface area (Å²) in [4.78, 5) is 26.4. The second-order valence-corrected chi connectivity index (χ2v) is 7.35. The SMILES string of the molecule is O=[N+]([O-])c1cc([N+](=O)[O-])c(Nc2ccccc2N=Cc2ccccc2O)cc1Nc1ccccc1. The molecule has 174 valence electrons. The van der Waals surface area contributed by atoms with Crippen LogP contribution < -0.4 is 10.6 Å². The summed E-state index contributed by atoms with van der Waals surface area (Å²) in [5.41, 5.74) is 1.20. The van der Waals surface area contributed by atoms with Crippen molar-refractivity contribution in [2.45, 2.75) is 0 Å². The largest absolute Gasteiger partial charge is 0.507 e. The van der Waals surface area contributed by atoms with Crippen LogP contribution in [-0.2, 0) is 0 Å². The molecule has 0 bridgehead atoms. The predicted molar refractivity (Wildman–Crippen MR) is 135 cm³/mol. The Kier molecular flexibility index (Phi) is 6.64. The first-order valence-corrected chi connectivity index (χ1v) is 10.4. The van der Waals surface area contributed by atoms with Gasteiger partial charge in [0.2, 0.25) is 0 Å². The molecule has 0 aliphatic rings. The zero-order chi connectivity index (χ0) is 24.8. The number of hydrogen-bond acceptors (Lipinski definition) is 8. The standard InChI is InChI=1S/C25H19N5O5/c31-25-13-7-4-8-17(25)16-26-19-11-5-6-12-20(19)28-22-14-21(27-18-9-2-1-3-10-18)23(29(32)33)15-24(22)30(34)35/h1-16,27-28,31H. The molecular weight excluding hydrogens is 450 g/mol. The summed E-state index contributed by atoms with van der Waals surface area (Å²) in [6, 6.07) is 24.5. The zero-order valence-electron chi connectivity index (χ0n) is 18.2. The van der Waals surface area contributed by atoms with Crippen LogP contribution in [0.2, 0.25) is 0 Å². The number of aliphatic imine (C=N–C) groups is 1. The maximum atomic E-state index is 11.8. The van der Waals surface area contributed by atoms with Gasteiger partial charge in [-0.15, -0.1) is 0 Å². The van der Waals surface area contributed by atoms with Crippen molar-refractivity contribution in [2.24, 2.45) is 4.99 Å². The second-order valence-electron chi connectivity index (χ2n) is 7.35. The zero-order valence-corrected chi connectivity index (χ0v) is 18.2. The van der Waals surface area contributed by atoms with Gasteiger partial charge >= 0.3 is 0 Å². The van der Waals surface area contributed by atoms with Gasteiger partial charge in [0.1, 0.15) is 17.1 Å². The van der Waals surface area contributed by atoms with Gasteiger partial charge in [0.15, 0.2) is 0 Å². The van der Waals surface area contributed by atoms with Crippen LogP contribution in [0.1, 0.15) is 5.56 Å². The van der Waals surface area contributed by atoms with E-state index in [0.29, 0.717) is 22.6 Å². The van der Waals surface area contributed by atoms with Crippen LogP contribution in [-0.4, -0.2) is 21.2 Å². The van der Waals surface area contributed by atoms with Crippen LogP contribution >= 0.6 is 0 Å². The Bertz CT molecular complexity index is 1420. The smallest absolute Gasteiger partial charge is 0.299 e. The van der Waals surface area contributed by atoms with E-state index in [1.807, 2.05) is 0 Å². The van der Waals surface area contributed by atoms with Crippen molar-refractivity contribution < 1.29 is 15.0 Å². The highest BCUT2D eigenvalue weighted by Crippen LogP contribution is 2.40. The van der Waals surface area contributed by atoms with E-state index in [0.717, 1.165) is 6.07 Å². The van der Waals surface area contributed by atoms with Gasteiger partial charge in [-0.2, -0.15) is 0 Å². The van der Waals surface area contributed by atoms with Gasteiger partial charge in [-0.3, -0.25) is 25.2 Å². The Morgan fingerprint density at radius 1 is 0.714 bits per heavy atom. The lowest BCUT2D eigenvalue weighted by Crippen LogP contribution is -2.03. The van der Waals surface area contributed by atoms with E-state index in [4.69, 9.17) is 0 Å². The Labute approximate surface area is 199 Å². The quantitative estimate of drug-likeness (QED) is 0.153. The Morgan fingerprint density at radius 3 is 2.00 bits per heavy atom. The summed E-state index contributed by atoms with van der Waals surface area (Å²) in [5, 5.41) is 39.3. The number of nitro benzene ring substituents is 2. The molecule has 0 unspecified atom stereocenters. The van der Waals surface area contributed by atoms with Crippen molar-refractivity contribution in [3.8, 4) is 5.75 Å². The molecule has 4 aromatic rings. The summed E-state index contributed by atoms with van der Waals surface area (Å²) < 4.78 is 0. The highest BCUT2D eigenvalue weighted by Gasteiger charge is 2.25. The lowest BCUT2D eigenvalue weighted by Gasteiger charge is -2.13. The van der Waals surface area contributed by atoms with Crippen molar-refractivity contribution in [3.63, 3.8) is 0 Å². The molecule has 4 rings (SSSR count). The molecule has 0 atom stereocenters. The highest BCUT2D eigenvalue weighted by molar-refractivity contribution is 5.89. The molecule has 0 aliphatic heterocycles. The first-order valence-electron chi connectivity index (χ1n) is 10.4. The van der Waals surface area contributed by atoms with Crippen molar-refractivity contribution in [1.82, 2.24) is 0 Å². The van der Waals surface area contributed by atoms with E-state index in [1.165, 1.54) is 18.3 Å². The minimum atomic E-state index is -0.685. The topological polar surface area (TPSA) is 143 Å². The van der Waals surface area contributed by atoms with Gasteiger partial charge in [0, 0.05) is 17.5 Å². The van der Waals surface area contributed by atoms with Gasteiger partial charge in [-0.1, -0.05) is 42.5 Å². The summed E-state index contributed by atoms with van der Waals surface area (Å²) in [5.74, 6) is 0.0596. The minimum Gasteiger partial charge on any atom is -0.507 e.